The highest BCUT2D eigenvalue weighted by molar-refractivity contribution is 5.66. The van der Waals surface area contributed by atoms with E-state index in [0.717, 1.165) is 5.57 Å². The van der Waals surface area contributed by atoms with Crippen LogP contribution in [0.5, 0.6) is 0 Å². The van der Waals surface area contributed by atoms with Crippen LogP contribution in [0.4, 0.5) is 0 Å². The van der Waals surface area contributed by atoms with E-state index in [-0.39, 0.29) is 29.6 Å². The van der Waals surface area contributed by atoms with E-state index in [9.17, 15) is 20.1 Å². The third-order valence-corrected chi connectivity index (χ3v) is 6.31. The van der Waals surface area contributed by atoms with Crippen LogP contribution in [-0.4, -0.2) is 45.7 Å². The van der Waals surface area contributed by atoms with Crippen molar-refractivity contribution in [3.63, 3.8) is 0 Å². The van der Waals surface area contributed by atoms with Crippen LogP contribution in [0.1, 0.15) is 47.0 Å². The van der Waals surface area contributed by atoms with Gasteiger partial charge in [-0.3, -0.25) is 4.79 Å². The molecule has 152 valence electrons. The van der Waals surface area contributed by atoms with Crippen molar-refractivity contribution in [3.8, 4) is 0 Å². The number of hydrogen-bond acceptors (Lipinski definition) is 5. The Kier molecular flexibility index (Phi) is 7.06. The predicted octanol–water partition coefficient (Wildman–Crippen LogP) is 2.76. The van der Waals surface area contributed by atoms with Gasteiger partial charge in [-0.15, -0.1) is 0 Å². The molecule has 2 aliphatic carbocycles. The molecule has 0 saturated heterocycles. The van der Waals surface area contributed by atoms with E-state index in [2.05, 4.69) is 13.2 Å². The Labute approximate surface area is 162 Å². The zero-order chi connectivity index (χ0) is 20.5. The summed E-state index contributed by atoms with van der Waals surface area (Å²) in [5.74, 6) is -1.35. The highest BCUT2D eigenvalue weighted by Gasteiger charge is 2.50. The van der Waals surface area contributed by atoms with Crippen LogP contribution in [0.15, 0.2) is 36.0 Å². The topological polar surface area (TPSA) is 87.0 Å². The van der Waals surface area contributed by atoms with Crippen molar-refractivity contribution in [1.29, 1.82) is 0 Å². The van der Waals surface area contributed by atoms with Crippen LogP contribution in [0.2, 0.25) is 0 Å². The van der Waals surface area contributed by atoms with Crippen LogP contribution in [0.3, 0.4) is 0 Å². The molecule has 0 aromatic heterocycles. The molecule has 2 rings (SSSR count). The quantitative estimate of drug-likeness (QED) is 0.506. The third-order valence-electron chi connectivity index (χ3n) is 6.31. The van der Waals surface area contributed by atoms with E-state index < -0.39 is 24.4 Å². The second kappa shape index (κ2) is 8.72. The molecule has 0 spiro atoms. The zero-order valence-corrected chi connectivity index (χ0v) is 16.9. The molecule has 0 aromatic carbocycles. The van der Waals surface area contributed by atoms with E-state index in [1.165, 1.54) is 6.92 Å². The van der Waals surface area contributed by atoms with Gasteiger partial charge in [0.1, 0.15) is 6.10 Å². The summed E-state index contributed by atoms with van der Waals surface area (Å²) >= 11 is 0. The maximum Gasteiger partial charge on any atom is 0.302 e. The van der Waals surface area contributed by atoms with Gasteiger partial charge in [0, 0.05) is 19.3 Å². The first-order chi connectivity index (χ1) is 12.5. The van der Waals surface area contributed by atoms with Gasteiger partial charge in [0.15, 0.2) is 0 Å². The lowest BCUT2D eigenvalue weighted by atomic mass is 9.76. The Bertz CT molecular complexity index is 618. The lowest BCUT2D eigenvalue weighted by Crippen LogP contribution is -2.40. The minimum Gasteiger partial charge on any atom is -0.462 e. The number of fused-ring (bicyclic) bond motifs is 1. The summed E-state index contributed by atoms with van der Waals surface area (Å²) in [5, 5.41) is 32.1. The lowest BCUT2D eigenvalue weighted by Gasteiger charge is -2.35. The lowest BCUT2D eigenvalue weighted by molar-refractivity contribution is -0.151. The van der Waals surface area contributed by atoms with Crippen molar-refractivity contribution in [2.75, 3.05) is 0 Å². The van der Waals surface area contributed by atoms with Gasteiger partial charge in [-0.05, 0) is 55.6 Å². The number of allylic oxidation sites excluding steroid dienone is 1. The van der Waals surface area contributed by atoms with Crippen LogP contribution in [-0.2, 0) is 9.53 Å². The standard InChI is InChI=1S/C22H34O5/c1-11(2)7-8-20(27-15(6)23)13(4)17-10-18(24)12(3)16-9-19(25)14(5)21(16)22(17)26/h7,13,16-22,24-26H,3,5,8-10H2,1-2,4,6H3/t13?,16-,17-,18+,19-,20?,21+,22+/m0/s1. The van der Waals surface area contributed by atoms with Gasteiger partial charge in [0.2, 0.25) is 0 Å². The van der Waals surface area contributed by atoms with E-state index in [1.807, 2.05) is 26.8 Å². The molecule has 0 heterocycles. The van der Waals surface area contributed by atoms with Crippen LogP contribution < -0.4 is 0 Å². The van der Waals surface area contributed by atoms with Crippen molar-refractivity contribution in [2.45, 2.75) is 71.4 Å². The van der Waals surface area contributed by atoms with Crippen LogP contribution in [0, 0.1) is 23.7 Å². The average molecular weight is 379 g/mol. The van der Waals surface area contributed by atoms with Crippen molar-refractivity contribution >= 4 is 5.97 Å². The first-order valence-electron chi connectivity index (χ1n) is 9.76. The maximum absolute atomic E-state index is 11.6. The molecule has 2 fully saturated rings. The van der Waals surface area contributed by atoms with Crippen LogP contribution in [0.25, 0.3) is 0 Å². The van der Waals surface area contributed by atoms with Gasteiger partial charge in [-0.2, -0.15) is 0 Å². The molecule has 3 N–H and O–H groups in total. The number of ether oxygens (including phenoxy) is 1. The highest BCUT2D eigenvalue weighted by Crippen LogP contribution is 2.49. The highest BCUT2D eigenvalue weighted by atomic mass is 16.5. The number of aliphatic hydroxyl groups is 3. The second-order valence-corrected chi connectivity index (χ2v) is 8.46. The number of hydrogen-bond donors (Lipinski definition) is 3. The normalized spacial score (nSPS) is 35.8. The monoisotopic (exact) mass is 378 g/mol. The summed E-state index contributed by atoms with van der Waals surface area (Å²) < 4.78 is 5.56. The summed E-state index contributed by atoms with van der Waals surface area (Å²) in [6, 6.07) is 0. The number of esters is 1. The smallest absolute Gasteiger partial charge is 0.302 e. The van der Waals surface area contributed by atoms with Crippen LogP contribution >= 0.6 is 0 Å². The molecule has 27 heavy (non-hydrogen) atoms. The molecule has 2 unspecified atom stereocenters. The molecule has 2 aliphatic rings. The van der Waals surface area contributed by atoms with Gasteiger partial charge in [-0.25, -0.2) is 0 Å². The van der Waals surface area contributed by atoms with Gasteiger partial charge < -0.3 is 20.1 Å². The van der Waals surface area contributed by atoms with Crippen molar-refractivity contribution < 1.29 is 24.9 Å². The molecular weight excluding hydrogens is 344 g/mol. The summed E-state index contributed by atoms with van der Waals surface area (Å²) in [7, 11) is 0. The van der Waals surface area contributed by atoms with Gasteiger partial charge in [0.25, 0.3) is 0 Å². The van der Waals surface area contributed by atoms with E-state index in [0.29, 0.717) is 30.4 Å². The number of carbonyl (C=O) groups is 1. The fourth-order valence-corrected chi connectivity index (χ4v) is 4.66. The summed E-state index contributed by atoms with van der Waals surface area (Å²) in [6.45, 7) is 15.3. The zero-order valence-electron chi connectivity index (χ0n) is 16.9. The second-order valence-electron chi connectivity index (χ2n) is 8.46. The van der Waals surface area contributed by atoms with E-state index in [1.54, 1.807) is 0 Å². The van der Waals surface area contributed by atoms with Crippen molar-refractivity contribution in [1.82, 2.24) is 0 Å². The third kappa shape index (κ3) is 4.71. The molecule has 5 nitrogen and oxygen atoms in total. The molecule has 0 amide bonds. The minimum absolute atomic E-state index is 0.175. The van der Waals surface area contributed by atoms with Crippen molar-refractivity contribution in [2.24, 2.45) is 23.7 Å². The fraction of sp³-hybridized carbons (Fsp3) is 0.682. The van der Waals surface area contributed by atoms with E-state index >= 15 is 0 Å². The van der Waals surface area contributed by atoms with Gasteiger partial charge in [-0.1, -0.05) is 31.7 Å². The molecule has 2 saturated carbocycles. The number of aliphatic hydroxyl groups excluding tert-OH is 3. The Morgan fingerprint density at radius 2 is 1.74 bits per heavy atom. The summed E-state index contributed by atoms with van der Waals surface area (Å²) in [6.07, 6.45) is 0.725. The maximum atomic E-state index is 11.6. The first-order valence-corrected chi connectivity index (χ1v) is 9.76. The molecule has 8 atom stereocenters. The number of carbonyl (C=O) groups excluding carboxylic acids is 1. The molecule has 0 bridgehead atoms. The Hall–Kier alpha value is -1.43. The summed E-state index contributed by atoms with van der Waals surface area (Å²) in [5.41, 5.74) is 2.38. The predicted molar refractivity (Wildman–Crippen MR) is 105 cm³/mol. The fourth-order valence-electron chi connectivity index (χ4n) is 4.66. The average Bonchev–Trinajstić information content (AvgIpc) is 2.84. The first kappa shape index (κ1) is 21.9. The molecule has 5 heteroatoms. The molecular formula is C22H34O5. The van der Waals surface area contributed by atoms with Crippen molar-refractivity contribution in [3.05, 3.63) is 36.0 Å². The molecule has 0 aliphatic heterocycles. The molecule has 0 radical (unpaired) electrons. The van der Waals surface area contributed by atoms with Gasteiger partial charge in [0.05, 0.1) is 18.3 Å². The minimum atomic E-state index is -0.784. The van der Waals surface area contributed by atoms with E-state index in [4.69, 9.17) is 4.74 Å². The SMILES string of the molecule is C=C1[C@H]2[C@H](O)[C@H](C(C)C(CC=C(C)C)OC(C)=O)C[C@@H](O)C(=C)[C@@H]2C[C@@H]1O. The Morgan fingerprint density at radius 1 is 1.15 bits per heavy atom. The Balaban J connectivity index is 2.32. The molecule has 0 aromatic rings. The Morgan fingerprint density at radius 3 is 2.30 bits per heavy atom. The van der Waals surface area contributed by atoms with Gasteiger partial charge >= 0.3 is 5.97 Å². The summed E-state index contributed by atoms with van der Waals surface area (Å²) in [4.78, 5) is 11.6. The largest absolute Gasteiger partial charge is 0.462 e. The number of rotatable bonds is 5.